The van der Waals surface area contributed by atoms with Crippen molar-refractivity contribution in [3.8, 4) is 23.0 Å². The number of urea groups is 1. The first kappa shape index (κ1) is 38.2. The van der Waals surface area contributed by atoms with E-state index in [2.05, 4.69) is 35.8 Å². The molecule has 6 atom stereocenters. The number of aliphatic hydroxyl groups excluding tert-OH is 2. The molecule has 286 valence electrons. The van der Waals surface area contributed by atoms with E-state index in [9.17, 15) is 15.0 Å². The number of carbonyl (C=O) groups excluding carboxylic acids is 1. The number of ether oxygens (including phenoxy) is 5. The van der Waals surface area contributed by atoms with Crippen LogP contribution < -0.4 is 24.3 Å². The Balaban J connectivity index is 1.45. The van der Waals surface area contributed by atoms with Gasteiger partial charge in [0.05, 0.1) is 18.2 Å². The average Bonchev–Trinajstić information content (AvgIpc) is 3.65. The summed E-state index contributed by atoms with van der Waals surface area (Å²) in [6, 6.07) is 10.5. The molecule has 6 rings (SSSR count). The summed E-state index contributed by atoms with van der Waals surface area (Å²) in [6.07, 6.45) is 10.8. The molecule has 3 N–H and O–H groups in total. The highest BCUT2D eigenvalue weighted by Gasteiger charge is 2.65. The lowest BCUT2D eigenvalue weighted by Gasteiger charge is -2.59. The minimum atomic E-state index is -1.33. The van der Waals surface area contributed by atoms with Crippen molar-refractivity contribution in [1.29, 1.82) is 0 Å². The van der Waals surface area contributed by atoms with Gasteiger partial charge in [-0.05, 0) is 79.0 Å². The van der Waals surface area contributed by atoms with Crippen molar-refractivity contribution in [2.75, 3.05) is 47.4 Å². The topological polar surface area (TPSA) is 141 Å². The van der Waals surface area contributed by atoms with Crippen molar-refractivity contribution in [3.63, 3.8) is 0 Å². The number of carbonyl (C=O) groups is 1. The lowest BCUT2D eigenvalue weighted by atomic mass is 9.55. The molecule has 4 aliphatic rings. The molecule has 0 spiro atoms. The molecular weight excluding hydrogens is 678 g/mol. The Bertz CT molecular complexity index is 1680. The molecule has 53 heavy (non-hydrogen) atoms. The van der Waals surface area contributed by atoms with Gasteiger partial charge in [0, 0.05) is 44.7 Å². The van der Waals surface area contributed by atoms with Crippen LogP contribution in [0, 0.1) is 17.8 Å². The predicted octanol–water partition coefficient (Wildman–Crippen LogP) is 6.09. The highest BCUT2D eigenvalue weighted by molar-refractivity contribution is 6.03. The largest absolute Gasteiger partial charge is 0.490 e. The van der Waals surface area contributed by atoms with Gasteiger partial charge in [-0.1, -0.05) is 48.9 Å². The number of amides is 2. The van der Waals surface area contributed by atoms with Gasteiger partial charge in [0.2, 0.25) is 12.6 Å². The first-order chi connectivity index (χ1) is 25.9. The summed E-state index contributed by atoms with van der Waals surface area (Å²) < 4.78 is 31.1. The van der Waals surface area contributed by atoms with Gasteiger partial charge in [0.25, 0.3) is 0 Å². The van der Waals surface area contributed by atoms with Gasteiger partial charge in [-0.25, -0.2) is 4.79 Å². The van der Waals surface area contributed by atoms with Crippen LogP contribution in [0.4, 0.5) is 4.79 Å². The predicted molar refractivity (Wildman–Crippen MR) is 200 cm³/mol. The van der Waals surface area contributed by atoms with Gasteiger partial charge in [0.15, 0.2) is 11.5 Å². The van der Waals surface area contributed by atoms with Gasteiger partial charge in [-0.3, -0.25) is 0 Å². The summed E-state index contributed by atoms with van der Waals surface area (Å²) in [5, 5.41) is 27.2. The maximum Gasteiger partial charge on any atom is 0.317 e. The normalized spacial score (nSPS) is 25.7. The van der Waals surface area contributed by atoms with E-state index in [0.29, 0.717) is 48.9 Å². The van der Waals surface area contributed by atoms with Gasteiger partial charge in [-0.2, -0.15) is 0 Å². The molecule has 6 unspecified atom stereocenters. The molecule has 1 saturated carbocycles. The smallest absolute Gasteiger partial charge is 0.317 e. The van der Waals surface area contributed by atoms with Gasteiger partial charge in [-0.15, -0.1) is 6.58 Å². The number of nitrogens with one attached hydrogen (secondary N) is 1. The number of unbranched alkanes of at least 4 members (excludes halogenated alkanes) is 2. The van der Waals surface area contributed by atoms with Crippen molar-refractivity contribution < 1.29 is 43.5 Å². The summed E-state index contributed by atoms with van der Waals surface area (Å²) in [6.45, 7) is 9.01. The zero-order valence-corrected chi connectivity index (χ0v) is 30.8. The quantitative estimate of drug-likeness (QED) is 0.0945. The van der Waals surface area contributed by atoms with E-state index in [-0.39, 0.29) is 56.9 Å². The molecule has 12 heteroatoms. The van der Waals surface area contributed by atoms with Crippen molar-refractivity contribution in [3.05, 3.63) is 84.5 Å². The van der Waals surface area contributed by atoms with Crippen LogP contribution in [0.3, 0.4) is 0 Å². The minimum absolute atomic E-state index is 0.113. The van der Waals surface area contributed by atoms with Crippen LogP contribution in [-0.4, -0.2) is 86.1 Å². The van der Waals surface area contributed by atoms with Crippen molar-refractivity contribution in [1.82, 2.24) is 10.2 Å². The molecule has 2 aromatic rings. The number of hydrogen-bond acceptors (Lipinski definition) is 10. The molecule has 2 heterocycles. The second kappa shape index (κ2) is 17.5. The summed E-state index contributed by atoms with van der Waals surface area (Å²) >= 11 is 0. The van der Waals surface area contributed by atoms with E-state index < -0.39 is 17.7 Å². The zero-order chi connectivity index (χ0) is 37.4. The first-order valence-corrected chi connectivity index (χ1v) is 18.6. The van der Waals surface area contributed by atoms with Crippen molar-refractivity contribution in [2.24, 2.45) is 22.9 Å². The van der Waals surface area contributed by atoms with Gasteiger partial charge >= 0.3 is 6.03 Å². The van der Waals surface area contributed by atoms with E-state index in [0.717, 1.165) is 48.1 Å². The number of fused-ring (bicyclic) bond motifs is 3. The standard InChI is InChI=1S/C41H53N3O9/c1-5-19-49-29-14-16-34-32(23-29)38-30(12-8-10-18-46)28(11-7-9-17-45)22-31-33(43-48-4)24-37(41(53-34,39(31)38)52-20-6-2)44(3)40(47)42-25-27-13-15-35-36(21-27)51-26-50-35/h5-6,13-16,21-23,28,30,37-39,45-46H,1-2,7-12,17-20,24-26H2,3-4H3,(H,42,47). The number of nitrogens with zero attached hydrogens (tertiary/aromatic N) is 2. The molecule has 2 aromatic carbocycles. The maximum atomic E-state index is 14.2. The summed E-state index contributed by atoms with van der Waals surface area (Å²) in [4.78, 5) is 21.3. The number of aliphatic hydroxyl groups is 2. The molecule has 0 saturated heterocycles. The summed E-state index contributed by atoms with van der Waals surface area (Å²) in [5.41, 5.74) is 3.56. The third kappa shape index (κ3) is 7.90. The summed E-state index contributed by atoms with van der Waals surface area (Å²) in [7, 11) is 3.30. The van der Waals surface area contributed by atoms with Crippen LogP contribution in [0.25, 0.3) is 0 Å². The molecular formula is C41H53N3O9. The van der Waals surface area contributed by atoms with E-state index in [1.807, 2.05) is 30.3 Å². The molecule has 0 aromatic heterocycles. The van der Waals surface area contributed by atoms with E-state index in [1.54, 1.807) is 24.1 Å². The molecule has 0 radical (unpaired) electrons. The third-order valence-corrected chi connectivity index (χ3v) is 10.9. The Morgan fingerprint density at radius 3 is 2.53 bits per heavy atom. The van der Waals surface area contributed by atoms with E-state index in [4.69, 9.17) is 28.5 Å². The zero-order valence-electron chi connectivity index (χ0n) is 30.8. The number of benzene rings is 2. The lowest BCUT2D eigenvalue weighted by Crippen LogP contribution is -2.70. The van der Waals surface area contributed by atoms with E-state index in [1.165, 1.54) is 7.11 Å². The third-order valence-electron chi connectivity index (χ3n) is 10.9. The van der Waals surface area contributed by atoms with Crippen LogP contribution in [0.15, 0.2) is 78.5 Å². The average molecular weight is 732 g/mol. The molecule has 0 bridgehead atoms. The molecule has 1 fully saturated rings. The monoisotopic (exact) mass is 731 g/mol. The maximum absolute atomic E-state index is 14.2. The highest BCUT2D eigenvalue weighted by Crippen LogP contribution is 2.61. The minimum Gasteiger partial charge on any atom is -0.490 e. The Hall–Kier alpha value is -4.52. The number of hydrogen-bond donors (Lipinski definition) is 3. The highest BCUT2D eigenvalue weighted by atomic mass is 16.7. The number of allylic oxidation sites excluding steroid dienone is 1. The second-order valence-corrected chi connectivity index (χ2v) is 14.0. The SMILES string of the molecule is C=CCOc1ccc2c(c1)C1C(CCCCO)C(CCCCO)C=C3C(=NOC)CC(N(C)C(=O)NCc4ccc5c(c4)OCO5)C(OCC=C)(O2)C31. The Morgan fingerprint density at radius 2 is 1.77 bits per heavy atom. The molecule has 2 aliphatic carbocycles. The molecule has 12 nitrogen and oxygen atoms in total. The van der Waals surface area contributed by atoms with Crippen LogP contribution in [-0.2, 0) is 16.1 Å². The Kier molecular flexibility index (Phi) is 12.6. The fraction of sp³-hybridized carbons (Fsp3) is 0.512. The summed E-state index contributed by atoms with van der Waals surface area (Å²) in [5.74, 6) is 1.08. The lowest BCUT2D eigenvalue weighted by molar-refractivity contribution is -0.252. The molecule has 2 amide bonds. The number of likely N-dealkylation sites (N-methyl/N-ethyl adjacent to an activating group) is 1. The van der Waals surface area contributed by atoms with Crippen LogP contribution in [0.2, 0.25) is 0 Å². The molecule has 2 aliphatic heterocycles. The first-order valence-electron chi connectivity index (χ1n) is 18.6. The van der Waals surface area contributed by atoms with Crippen LogP contribution >= 0.6 is 0 Å². The Morgan fingerprint density at radius 1 is 1.02 bits per heavy atom. The van der Waals surface area contributed by atoms with Crippen molar-refractivity contribution in [2.45, 2.75) is 69.2 Å². The van der Waals surface area contributed by atoms with Gasteiger partial charge < -0.3 is 49.0 Å². The van der Waals surface area contributed by atoms with Crippen LogP contribution in [0.5, 0.6) is 23.0 Å². The Labute approximate surface area is 312 Å². The van der Waals surface area contributed by atoms with E-state index >= 15 is 0 Å². The fourth-order valence-corrected chi connectivity index (χ4v) is 8.58. The van der Waals surface area contributed by atoms with Gasteiger partial charge in [0.1, 0.15) is 31.3 Å². The van der Waals surface area contributed by atoms with Crippen LogP contribution in [0.1, 0.15) is 62.0 Å². The second-order valence-electron chi connectivity index (χ2n) is 14.0. The number of oxime groups is 1. The fourth-order valence-electron chi connectivity index (χ4n) is 8.58. The number of rotatable bonds is 18. The van der Waals surface area contributed by atoms with Crippen molar-refractivity contribution >= 4 is 11.7 Å².